The van der Waals surface area contributed by atoms with Gasteiger partial charge in [-0.1, -0.05) is 26.8 Å². The minimum Gasteiger partial charge on any atom is -0.383 e. The Bertz CT molecular complexity index is 538. The van der Waals surface area contributed by atoms with Crippen LogP contribution in [0.25, 0.3) is 0 Å². The van der Waals surface area contributed by atoms with Crippen LogP contribution in [0, 0.1) is 0 Å². The maximum atomic E-state index is 10.5. The van der Waals surface area contributed by atoms with Crippen LogP contribution in [-0.2, 0) is 17.6 Å². The Kier molecular flexibility index (Phi) is 4.32. The molecule has 0 fully saturated rings. The molecule has 1 atom stereocenters. The summed E-state index contributed by atoms with van der Waals surface area (Å²) in [6.45, 7) is 9.53. The Morgan fingerprint density at radius 2 is 2.10 bits per heavy atom. The maximum absolute atomic E-state index is 10.5. The van der Waals surface area contributed by atoms with Crippen LogP contribution in [0.2, 0.25) is 0 Å². The summed E-state index contributed by atoms with van der Waals surface area (Å²) < 4.78 is 0. The largest absolute Gasteiger partial charge is 0.383 e. The fraction of sp³-hybridized carbons (Fsp3) is 0.533. The van der Waals surface area contributed by atoms with E-state index >= 15 is 0 Å². The van der Waals surface area contributed by atoms with Crippen molar-refractivity contribution in [3.63, 3.8) is 0 Å². The maximum Gasteiger partial charge on any atom is 0.108 e. The average molecular weight is 293 g/mol. The minimum absolute atomic E-state index is 0.0454. The van der Waals surface area contributed by atoms with Crippen LogP contribution < -0.4 is 5.32 Å². The molecule has 1 unspecified atom stereocenters. The van der Waals surface area contributed by atoms with E-state index in [-0.39, 0.29) is 5.41 Å². The van der Waals surface area contributed by atoms with E-state index in [1.165, 1.54) is 0 Å². The van der Waals surface area contributed by atoms with E-state index in [0.29, 0.717) is 13.1 Å². The molecule has 0 saturated heterocycles. The third-order valence-corrected chi connectivity index (χ3v) is 4.43. The fourth-order valence-electron chi connectivity index (χ4n) is 2.21. The lowest BCUT2D eigenvalue weighted by Crippen LogP contribution is -2.34. The molecular formula is C15H23N3OS. The van der Waals surface area contributed by atoms with E-state index in [1.807, 2.05) is 30.6 Å². The zero-order valence-corrected chi connectivity index (χ0v) is 13.3. The molecule has 3 N–H and O–H groups in total. The highest BCUT2D eigenvalue weighted by Crippen LogP contribution is 2.25. The number of hydrogen-bond acceptors (Lipinski definition) is 4. The average Bonchev–Trinajstić information content (AvgIpc) is 2.98. The van der Waals surface area contributed by atoms with Crippen molar-refractivity contribution in [3.8, 4) is 0 Å². The van der Waals surface area contributed by atoms with E-state index in [0.717, 1.165) is 16.1 Å². The first-order chi connectivity index (χ1) is 9.31. The second-order valence-electron chi connectivity index (χ2n) is 6.37. The van der Waals surface area contributed by atoms with Crippen LogP contribution in [-0.4, -0.2) is 21.8 Å². The van der Waals surface area contributed by atoms with Gasteiger partial charge in [-0.05, 0) is 18.4 Å². The summed E-state index contributed by atoms with van der Waals surface area (Å²) in [6, 6.07) is 3.92. The van der Waals surface area contributed by atoms with Gasteiger partial charge in [0.1, 0.15) is 5.60 Å². The molecule has 0 bridgehead atoms. The number of aromatic amines is 1. The summed E-state index contributed by atoms with van der Waals surface area (Å²) in [7, 11) is 0. The first kappa shape index (κ1) is 15.2. The minimum atomic E-state index is -0.834. The van der Waals surface area contributed by atoms with Gasteiger partial charge in [-0.2, -0.15) is 5.10 Å². The first-order valence-corrected chi connectivity index (χ1v) is 7.68. The van der Waals surface area contributed by atoms with Gasteiger partial charge in [0, 0.05) is 34.6 Å². The highest BCUT2D eigenvalue weighted by Gasteiger charge is 2.24. The summed E-state index contributed by atoms with van der Waals surface area (Å²) in [4.78, 5) is 0.980. The summed E-state index contributed by atoms with van der Waals surface area (Å²) in [5.74, 6) is 0. The predicted molar refractivity (Wildman–Crippen MR) is 82.9 cm³/mol. The molecule has 0 aliphatic heterocycles. The monoisotopic (exact) mass is 293 g/mol. The normalized spacial score (nSPS) is 15.2. The van der Waals surface area contributed by atoms with Crippen molar-refractivity contribution < 1.29 is 5.11 Å². The number of rotatable bonds is 5. The lowest BCUT2D eigenvalue weighted by Gasteiger charge is -2.23. The second kappa shape index (κ2) is 5.68. The van der Waals surface area contributed by atoms with Gasteiger partial charge in [-0.25, -0.2) is 0 Å². The molecule has 20 heavy (non-hydrogen) atoms. The first-order valence-electron chi connectivity index (χ1n) is 6.80. The van der Waals surface area contributed by atoms with E-state index in [2.05, 4.69) is 36.3 Å². The zero-order chi connectivity index (χ0) is 14.8. The van der Waals surface area contributed by atoms with Crippen molar-refractivity contribution in [1.82, 2.24) is 15.5 Å². The molecule has 0 spiro atoms. The molecule has 2 aromatic heterocycles. The van der Waals surface area contributed by atoms with Gasteiger partial charge in [0.15, 0.2) is 0 Å². The number of H-pyrrole nitrogens is 1. The molecular weight excluding hydrogens is 270 g/mol. The molecule has 4 nitrogen and oxygen atoms in total. The smallest absolute Gasteiger partial charge is 0.108 e. The predicted octanol–water partition coefficient (Wildman–Crippen LogP) is 2.77. The van der Waals surface area contributed by atoms with Crippen LogP contribution in [0.5, 0.6) is 0 Å². The third-order valence-electron chi connectivity index (χ3n) is 3.30. The van der Waals surface area contributed by atoms with Crippen molar-refractivity contribution in [2.45, 2.75) is 45.3 Å². The van der Waals surface area contributed by atoms with Gasteiger partial charge in [0.05, 0.1) is 6.20 Å². The Labute approximate surface area is 124 Å². The van der Waals surface area contributed by atoms with E-state index in [9.17, 15) is 5.11 Å². The molecule has 0 radical (unpaired) electrons. The number of hydrogen-bond donors (Lipinski definition) is 3. The number of aromatic nitrogens is 2. The summed E-state index contributed by atoms with van der Waals surface area (Å²) in [5, 5.41) is 23.0. The molecule has 0 saturated carbocycles. The van der Waals surface area contributed by atoms with Crippen molar-refractivity contribution in [2.24, 2.45) is 0 Å². The molecule has 110 valence electrons. The molecule has 2 heterocycles. The number of nitrogens with one attached hydrogen (secondary N) is 2. The molecule has 2 aromatic rings. The molecule has 5 heteroatoms. The Morgan fingerprint density at radius 1 is 1.35 bits per heavy atom. The number of aliphatic hydroxyl groups is 1. The van der Waals surface area contributed by atoms with Gasteiger partial charge in [0.25, 0.3) is 0 Å². The van der Waals surface area contributed by atoms with Crippen LogP contribution in [0.4, 0.5) is 0 Å². The van der Waals surface area contributed by atoms with Gasteiger partial charge in [-0.15, -0.1) is 11.3 Å². The van der Waals surface area contributed by atoms with Crippen molar-refractivity contribution in [2.75, 3.05) is 6.54 Å². The van der Waals surface area contributed by atoms with Crippen LogP contribution in [0.3, 0.4) is 0 Å². The van der Waals surface area contributed by atoms with Crippen molar-refractivity contribution >= 4 is 11.3 Å². The van der Waals surface area contributed by atoms with E-state index in [4.69, 9.17) is 0 Å². The molecule has 0 aliphatic carbocycles. The SMILES string of the molecule is CC(C)(C)c1[nH]ncc1CNCC(C)(O)c1cccs1. The van der Waals surface area contributed by atoms with Crippen molar-refractivity contribution in [1.29, 1.82) is 0 Å². The standard InChI is InChI=1S/C15H23N3OS/c1-14(2,3)13-11(9-17-18-13)8-16-10-15(4,19)12-6-5-7-20-12/h5-7,9,16,19H,8,10H2,1-4H3,(H,17,18). The van der Waals surface area contributed by atoms with Crippen LogP contribution in [0.15, 0.2) is 23.7 Å². The molecule has 0 aliphatic rings. The summed E-state index contributed by atoms with van der Waals surface area (Å²) in [6.07, 6.45) is 1.85. The fourth-order valence-corrected chi connectivity index (χ4v) is 2.99. The second-order valence-corrected chi connectivity index (χ2v) is 7.32. The summed E-state index contributed by atoms with van der Waals surface area (Å²) >= 11 is 1.58. The molecule has 2 rings (SSSR count). The van der Waals surface area contributed by atoms with Crippen molar-refractivity contribution in [3.05, 3.63) is 39.8 Å². The Morgan fingerprint density at radius 3 is 2.70 bits per heavy atom. The van der Waals surface area contributed by atoms with Gasteiger partial charge in [-0.3, -0.25) is 5.10 Å². The Hall–Kier alpha value is -1.17. The Balaban J connectivity index is 1.96. The van der Waals surface area contributed by atoms with Gasteiger partial charge >= 0.3 is 0 Å². The zero-order valence-electron chi connectivity index (χ0n) is 12.5. The van der Waals surface area contributed by atoms with Crippen LogP contribution in [0.1, 0.15) is 43.8 Å². The third kappa shape index (κ3) is 3.48. The van der Waals surface area contributed by atoms with Gasteiger partial charge in [0.2, 0.25) is 0 Å². The number of thiophene rings is 1. The highest BCUT2D eigenvalue weighted by atomic mass is 32.1. The van der Waals surface area contributed by atoms with Crippen LogP contribution >= 0.6 is 11.3 Å². The molecule has 0 aromatic carbocycles. The van der Waals surface area contributed by atoms with E-state index in [1.54, 1.807) is 11.3 Å². The lowest BCUT2D eigenvalue weighted by atomic mass is 9.89. The van der Waals surface area contributed by atoms with E-state index < -0.39 is 5.60 Å². The lowest BCUT2D eigenvalue weighted by molar-refractivity contribution is 0.0604. The number of nitrogens with zero attached hydrogens (tertiary/aromatic N) is 1. The topological polar surface area (TPSA) is 60.9 Å². The molecule has 0 amide bonds. The van der Waals surface area contributed by atoms with Gasteiger partial charge < -0.3 is 10.4 Å². The summed E-state index contributed by atoms with van der Waals surface area (Å²) in [5.41, 5.74) is 1.50. The quantitative estimate of drug-likeness (QED) is 0.794. The highest BCUT2D eigenvalue weighted by molar-refractivity contribution is 7.10.